The maximum absolute atomic E-state index is 12.1. The third kappa shape index (κ3) is 2.31. The van der Waals surface area contributed by atoms with Gasteiger partial charge >= 0.3 is 0 Å². The summed E-state index contributed by atoms with van der Waals surface area (Å²) in [4.78, 5) is 20.7. The van der Waals surface area contributed by atoms with Gasteiger partial charge in [-0.25, -0.2) is 9.97 Å². The van der Waals surface area contributed by atoms with Gasteiger partial charge in [0.05, 0.1) is 10.9 Å². The topological polar surface area (TPSA) is 85.8 Å². The lowest BCUT2D eigenvalue weighted by Gasteiger charge is -2.10. The number of anilines is 2. The number of hydrogen-bond acceptors (Lipinski definition) is 5. The van der Waals surface area contributed by atoms with E-state index in [9.17, 15) is 4.79 Å². The summed E-state index contributed by atoms with van der Waals surface area (Å²) in [6.07, 6.45) is 1.71. The second-order valence-corrected chi connectivity index (χ2v) is 5.36. The van der Waals surface area contributed by atoms with E-state index in [1.807, 2.05) is 12.1 Å². The van der Waals surface area contributed by atoms with E-state index < -0.39 is 0 Å². The number of hydrogen-bond donors (Lipinski definition) is 2. The van der Waals surface area contributed by atoms with Gasteiger partial charge in [0, 0.05) is 9.77 Å². The predicted octanol–water partition coefficient (Wildman–Crippen LogP) is 1.85. The molecular formula is C13H10IN5O. The summed E-state index contributed by atoms with van der Waals surface area (Å²) < 4.78 is 2.01. The molecule has 0 saturated heterocycles. The molecule has 0 amide bonds. The highest BCUT2D eigenvalue weighted by molar-refractivity contribution is 14.1. The molecule has 2 aromatic heterocycles. The van der Waals surface area contributed by atoms with Gasteiger partial charge in [0.2, 0.25) is 5.95 Å². The van der Waals surface area contributed by atoms with Crippen molar-refractivity contribution in [3.8, 4) is 0 Å². The van der Waals surface area contributed by atoms with Crippen molar-refractivity contribution in [3.05, 3.63) is 56.5 Å². The van der Waals surface area contributed by atoms with E-state index in [0.717, 1.165) is 8.25 Å². The number of para-hydroxylation sites is 1. The fraction of sp³-hybridized carbons (Fsp3) is 0. The van der Waals surface area contributed by atoms with Crippen LogP contribution in [0.4, 0.5) is 11.8 Å². The van der Waals surface area contributed by atoms with E-state index in [2.05, 4.69) is 37.9 Å². The molecule has 0 aliphatic rings. The standard InChI is InChI=1S/C13H10IN5O/c14-8-5-6-11(16-7-8)18-13-17-10-4-2-1-3-9(10)12(20)19(13)15/h1-7H,15H2,(H,16,17,18). The summed E-state index contributed by atoms with van der Waals surface area (Å²) in [7, 11) is 0. The molecule has 1 aromatic carbocycles. The fourth-order valence-electron chi connectivity index (χ4n) is 1.80. The zero-order valence-electron chi connectivity index (χ0n) is 10.2. The Morgan fingerprint density at radius 1 is 1.20 bits per heavy atom. The first kappa shape index (κ1) is 12.9. The van der Waals surface area contributed by atoms with E-state index in [0.29, 0.717) is 16.7 Å². The number of benzene rings is 1. The molecule has 0 aliphatic carbocycles. The highest BCUT2D eigenvalue weighted by Gasteiger charge is 2.08. The Bertz CT molecular complexity index is 828. The van der Waals surface area contributed by atoms with Gasteiger partial charge in [-0.2, -0.15) is 4.68 Å². The zero-order chi connectivity index (χ0) is 14.1. The van der Waals surface area contributed by atoms with Crippen LogP contribution in [0, 0.1) is 3.57 Å². The van der Waals surface area contributed by atoms with Gasteiger partial charge < -0.3 is 11.2 Å². The van der Waals surface area contributed by atoms with Crippen molar-refractivity contribution < 1.29 is 0 Å². The van der Waals surface area contributed by atoms with Crippen LogP contribution in [0.1, 0.15) is 0 Å². The SMILES string of the molecule is Nn1c(Nc2ccc(I)cn2)nc2ccccc2c1=O. The third-order valence-corrected chi connectivity index (χ3v) is 3.41. The molecule has 100 valence electrons. The number of halogens is 1. The van der Waals surface area contributed by atoms with Crippen molar-refractivity contribution in [2.24, 2.45) is 0 Å². The molecule has 7 heteroatoms. The molecule has 0 radical (unpaired) electrons. The lowest BCUT2D eigenvalue weighted by Crippen LogP contribution is -2.30. The first-order chi connectivity index (χ1) is 9.65. The summed E-state index contributed by atoms with van der Waals surface area (Å²) in [5.41, 5.74) is 0.288. The molecule has 6 nitrogen and oxygen atoms in total. The summed E-state index contributed by atoms with van der Waals surface area (Å²) in [6, 6.07) is 10.8. The van der Waals surface area contributed by atoms with Gasteiger partial charge in [0.1, 0.15) is 5.82 Å². The number of pyridine rings is 1. The van der Waals surface area contributed by atoms with E-state index in [1.165, 1.54) is 0 Å². The van der Waals surface area contributed by atoms with Crippen LogP contribution in [0.5, 0.6) is 0 Å². The zero-order valence-corrected chi connectivity index (χ0v) is 12.4. The molecule has 0 fully saturated rings. The minimum Gasteiger partial charge on any atom is -0.333 e. The molecule has 20 heavy (non-hydrogen) atoms. The largest absolute Gasteiger partial charge is 0.333 e. The summed E-state index contributed by atoms with van der Waals surface area (Å²) in [5, 5.41) is 3.43. The number of nitrogens with two attached hydrogens (primary N) is 1. The van der Waals surface area contributed by atoms with Crippen molar-refractivity contribution in [3.63, 3.8) is 0 Å². The molecule has 0 atom stereocenters. The summed E-state index contributed by atoms with van der Waals surface area (Å²) in [6.45, 7) is 0. The Hall–Kier alpha value is -2.16. The second-order valence-electron chi connectivity index (χ2n) is 4.11. The van der Waals surface area contributed by atoms with Gasteiger partial charge in [-0.1, -0.05) is 12.1 Å². The van der Waals surface area contributed by atoms with Crippen molar-refractivity contribution in [1.82, 2.24) is 14.6 Å². The smallest absolute Gasteiger partial charge is 0.281 e. The first-order valence-electron chi connectivity index (χ1n) is 5.80. The first-order valence-corrected chi connectivity index (χ1v) is 6.88. The van der Waals surface area contributed by atoms with Crippen LogP contribution < -0.4 is 16.7 Å². The van der Waals surface area contributed by atoms with E-state index >= 15 is 0 Å². The van der Waals surface area contributed by atoms with Crippen molar-refractivity contribution in [2.45, 2.75) is 0 Å². The van der Waals surface area contributed by atoms with Gasteiger partial charge in [0.15, 0.2) is 0 Å². The highest BCUT2D eigenvalue weighted by atomic mass is 127. The number of nitrogen functional groups attached to an aromatic ring is 1. The number of aromatic nitrogens is 3. The Morgan fingerprint density at radius 3 is 2.75 bits per heavy atom. The van der Waals surface area contributed by atoms with Crippen LogP contribution in [-0.2, 0) is 0 Å². The molecule has 0 spiro atoms. The second kappa shape index (κ2) is 5.08. The normalized spacial score (nSPS) is 10.7. The van der Waals surface area contributed by atoms with Crippen LogP contribution in [0.25, 0.3) is 10.9 Å². The van der Waals surface area contributed by atoms with Crippen LogP contribution in [0.2, 0.25) is 0 Å². The average molecular weight is 379 g/mol. The van der Waals surface area contributed by atoms with Crippen LogP contribution in [0.15, 0.2) is 47.4 Å². The molecule has 2 heterocycles. The molecule has 3 aromatic rings. The Balaban J connectivity index is 2.10. The van der Waals surface area contributed by atoms with E-state index in [4.69, 9.17) is 5.84 Å². The maximum Gasteiger partial charge on any atom is 0.281 e. The van der Waals surface area contributed by atoms with E-state index in [-0.39, 0.29) is 11.5 Å². The molecule has 0 aliphatic heterocycles. The lowest BCUT2D eigenvalue weighted by atomic mass is 10.2. The van der Waals surface area contributed by atoms with Gasteiger partial charge in [-0.3, -0.25) is 4.79 Å². The van der Waals surface area contributed by atoms with Gasteiger partial charge in [-0.05, 0) is 46.9 Å². The highest BCUT2D eigenvalue weighted by Crippen LogP contribution is 2.14. The predicted molar refractivity (Wildman–Crippen MR) is 86.4 cm³/mol. The van der Waals surface area contributed by atoms with Crippen molar-refractivity contribution in [2.75, 3.05) is 11.2 Å². The maximum atomic E-state index is 12.1. The molecule has 3 rings (SSSR count). The molecule has 3 N–H and O–H groups in total. The number of nitrogens with one attached hydrogen (secondary N) is 1. The van der Waals surface area contributed by atoms with E-state index in [1.54, 1.807) is 30.5 Å². The van der Waals surface area contributed by atoms with Crippen molar-refractivity contribution >= 4 is 45.3 Å². The summed E-state index contributed by atoms with van der Waals surface area (Å²) >= 11 is 2.17. The molecule has 0 unspecified atom stereocenters. The summed E-state index contributed by atoms with van der Waals surface area (Å²) in [5.74, 6) is 6.60. The average Bonchev–Trinajstić information content (AvgIpc) is 2.47. The van der Waals surface area contributed by atoms with Crippen LogP contribution >= 0.6 is 22.6 Å². The number of fused-ring (bicyclic) bond motifs is 1. The van der Waals surface area contributed by atoms with Crippen molar-refractivity contribution in [1.29, 1.82) is 0 Å². The molecular weight excluding hydrogens is 369 g/mol. The minimum atomic E-state index is -0.302. The Morgan fingerprint density at radius 2 is 2.00 bits per heavy atom. The number of nitrogens with zero attached hydrogens (tertiary/aromatic N) is 3. The van der Waals surface area contributed by atoms with Gasteiger partial charge in [0.25, 0.3) is 5.56 Å². The molecule has 0 bridgehead atoms. The Kier molecular flexibility index (Phi) is 3.26. The quantitative estimate of drug-likeness (QED) is 0.525. The lowest BCUT2D eigenvalue weighted by molar-refractivity contribution is 0.924. The minimum absolute atomic E-state index is 0.252. The van der Waals surface area contributed by atoms with Gasteiger partial charge in [-0.15, -0.1) is 0 Å². The Labute approximate surface area is 127 Å². The van der Waals surface area contributed by atoms with Crippen LogP contribution in [0.3, 0.4) is 0 Å². The third-order valence-electron chi connectivity index (χ3n) is 2.78. The fourth-order valence-corrected chi connectivity index (χ4v) is 2.12. The monoisotopic (exact) mass is 379 g/mol. The molecule has 0 saturated carbocycles. The number of rotatable bonds is 2. The van der Waals surface area contributed by atoms with Crippen LogP contribution in [-0.4, -0.2) is 14.6 Å².